The number of hydrogen-bond acceptors (Lipinski definition) is 2. The molecule has 0 bridgehead atoms. The maximum atomic E-state index is 8.16. The van der Waals surface area contributed by atoms with Crippen molar-refractivity contribution in [1.29, 1.82) is 0 Å². The Balaban J connectivity index is 1.82. The second-order valence-electron chi connectivity index (χ2n) is 3.48. The van der Waals surface area contributed by atoms with Gasteiger partial charge in [-0.15, -0.1) is 0 Å². The van der Waals surface area contributed by atoms with Crippen molar-refractivity contribution in [2.75, 3.05) is 13.1 Å². The highest BCUT2D eigenvalue weighted by Gasteiger charge is 2.32. The van der Waals surface area contributed by atoms with Gasteiger partial charge in [-0.1, -0.05) is 35.4 Å². The zero-order valence-electron chi connectivity index (χ0n) is 7.87. The molecule has 4 nitrogen and oxygen atoms in total. The van der Waals surface area contributed by atoms with Gasteiger partial charge in [-0.2, -0.15) is 0 Å². The number of nitrogens with zero attached hydrogens (tertiary/aromatic N) is 4. The van der Waals surface area contributed by atoms with Crippen LogP contribution >= 0.6 is 0 Å². The quantitative estimate of drug-likeness (QED) is 0.309. The van der Waals surface area contributed by atoms with Gasteiger partial charge in [-0.3, -0.25) is 4.90 Å². The molecule has 0 N–H and O–H groups in total. The van der Waals surface area contributed by atoms with Gasteiger partial charge in [0.25, 0.3) is 0 Å². The zero-order chi connectivity index (χ0) is 9.80. The fourth-order valence-electron chi connectivity index (χ4n) is 1.54. The summed E-state index contributed by atoms with van der Waals surface area (Å²) in [6.45, 7) is 2.61. The molecular formula is C10H12N4. The van der Waals surface area contributed by atoms with Crippen LogP contribution in [0.3, 0.4) is 0 Å². The molecule has 0 aromatic heterocycles. The van der Waals surface area contributed by atoms with Gasteiger partial charge in [0.1, 0.15) is 0 Å². The fraction of sp³-hybridized carbons (Fsp3) is 0.400. The molecule has 0 spiro atoms. The van der Waals surface area contributed by atoms with Crippen molar-refractivity contribution in [2.45, 2.75) is 12.6 Å². The van der Waals surface area contributed by atoms with Crippen LogP contribution in [0.1, 0.15) is 5.56 Å². The molecule has 0 radical (unpaired) electrons. The molecule has 1 fully saturated rings. The first-order valence-corrected chi connectivity index (χ1v) is 4.69. The standard InChI is InChI=1S/C10H12N4/c11-13-12-6-10-8-14(10)7-9-4-2-1-3-5-9/h1-5,10H,6-8H2. The van der Waals surface area contributed by atoms with Gasteiger partial charge in [-0.05, 0) is 11.1 Å². The lowest BCUT2D eigenvalue weighted by atomic mass is 10.2. The lowest BCUT2D eigenvalue weighted by molar-refractivity contribution is 0.504. The van der Waals surface area contributed by atoms with E-state index in [2.05, 4.69) is 27.1 Å². The van der Waals surface area contributed by atoms with E-state index in [9.17, 15) is 0 Å². The minimum absolute atomic E-state index is 0.464. The summed E-state index contributed by atoms with van der Waals surface area (Å²) in [4.78, 5) is 5.05. The molecule has 2 atom stereocenters. The highest BCUT2D eigenvalue weighted by Crippen LogP contribution is 2.20. The average molecular weight is 188 g/mol. The van der Waals surface area contributed by atoms with Crippen LogP contribution in [0.25, 0.3) is 10.4 Å². The Kier molecular flexibility index (Phi) is 2.68. The molecule has 0 saturated carbocycles. The maximum absolute atomic E-state index is 8.16. The molecule has 4 heteroatoms. The van der Waals surface area contributed by atoms with Crippen molar-refractivity contribution in [1.82, 2.24) is 4.90 Å². The van der Waals surface area contributed by atoms with Crippen molar-refractivity contribution in [2.24, 2.45) is 5.11 Å². The molecule has 72 valence electrons. The normalized spacial score (nSPS) is 24.0. The molecule has 1 heterocycles. The van der Waals surface area contributed by atoms with E-state index in [4.69, 9.17) is 5.53 Å². The molecule has 2 rings (SSSR count). The summed E-state index contributed by atoms with van der Waals surface area (Å²) in [5.41, 5.74) is 9.47. The van der Waals surface area contributed by atoms with E-state index in [1.807, 2.05) is 18.2 Å². The smallest absolute Gasteiger partial charge is 0.0426 e. The Labute approximate surface area is 82.8 Å². The lowest BCUT2D eigenvalue weighted by Gasteiger charge is -2.01. The second kappa shape index (κ2) is 4.13. The lowest BCUT2D eigenvalue weighted by Crippen LogP contribution is -2.03. The largest absolute Gasteiger partial charge is 0.293 e. The van der Waals surface area contributed by atoms with E-state index < -0.39 is 0 Å². The summed E-state index contributed by atoms with van der Waals surface area (Å²) in [5, 5.41) is 3.56. The maximum Gasteiger partial charge on any atom is 0.0426 e. The van der Waals surface area contributed by atoms with Crippen molar-refractivity contribution in [3.8, 4) is 0 Å². The fourth-order valence-corrected chi connectivity index (χ4v) is 1.54. The first kappa shape index (κ1) is 9.06. The molecule has 1 saturated heterocycles. The van der Waals surface area contributed by atoms with Gasteiger partial charge in [0.15, 0.2) is 0 Å². The van der Waals surface area contributed by atoms with Crippen LogP contribution < -0.4 is 0 Å². The summed E-state index contributed by atoms with van der Waals surface area (Å²) in [7, 11) is 0. The zero-order valence-corrected chi connectivity index (χ0v) is 7.87. The molecule has 1 aromatic rings. The third kappa shape index (κ3) is 2.25. The predicted octanol–water partition coefficient (Wildman–Crippen LogP) is 2.18. The minimum Gasteiger partial charge on any atom is -0.293 e. The number of azide groups is 1. The third-order valence-corrected chi connectivity index (χ3v) is 2.41. The van der Waals surface area contributed by atoms with Gasteiger partial charge < -0.3 is 0 Å². The van der Waals surface area contributed by atoms with E-state index in [-0.39, 0.29) is 0 Å². The van der Waals surface area contributed by atoms with Crippen LogP contribution in [-0.4, -0.2) is 24.0 Å². The molecule has 14 heavy (non-hydrogen) atoms. The summed E-state index contributed by atoms with van der Waals surface area (Å²) < 4.78 is 0. The first-order valence-electron chi connectivity index (χ1n) is 4.69. The van der Waals surface area contributed by atoms with Crippen LogP contribution in [0.15, 0.2) is 35.4 Å². The van der Waals surface area contributed by atoms with Gasteiger partial charge in [0, 0.05) is 30.6 Å². The topological polar surface area (TPSA) is 51.8 Å². The Morgan fingerprint density at radius 2 is 2.21 bits per heavy atom. The second-order valence-corrected chi connectivity index (χ2v) is 3.48. The Morgan fingerprint density at radius 1 is 1.43 bits per heavy atom. The van der Waals surface area contributed by atoms with E-state index in [0.717, 1.165) is 13.1 Å². The van der Waals surface area contributed by atoms with Gasteiger partial charge in [-0.25, -0.2) is 0 Å². The monoisotopic (exact) mass is 188 g/mol. The molecule has 1 aromatic carbocycles. The number of rotatable bonds is 4. The van der Waals surface area contributed by atoms with Crippen LogP contribution in [0.2, 0.25) is 0 Å². The average Bonchev–Trinajstić information content (AvgIpc) is 2.95. The Morgan fingerprint density at radius 3 is 2.93 bits per heavy atom. The van der Waals surface area contributed by atoms with E-state index >= 15 is 0 Å². The van der Waals surface area contributed by atoms with Crippen LogP contribution in [-0.2, 0) is 6.54 Å². The van der Waals surface area contributed by atoms with Crippen molar-refractivity contribution >= 4 is 0 Å². The van der Waals surface area contributed by atoms with E-state index in [1.165, 1.54) is 5.56 Å². The molecule has 1 aliphatic rings. The van der Waals surface area contributed by atoms with Crippen LogP contribution in [0, 0.1) is 0 Å². The highest BCUT2D eigenvalue weighted by molar-refractivity contribution is 5.15. The molecular weight excluding hydrogens is 176 g/mol. The van der Waals surface area contributed by atoms with Gasteiger partial charge >= 0.3 is 0 Å². The van der Waals surface area contributed by atoms with E-state index in [0.29, 0.717) is 12.6 Å². The molecule has 0 amide bonds. The van der Waals surface area contributed by atoms with Gasteiger partial charge in [0.2, 0.25) is 0 Å². The predicted molar refractivity (Wildman–Crippen MR) is 54.7 cm³/mol. The number of benzene rings is 1. The SMILES string of the molecule is [N-]=[N+]=NCC1CN1Cc1ccccc1. The number of hydrogen-bond donors (Lipinski definition) is 0. The Hall–Kier alpha value is -1.51. The summed E-state index contributed by atoms with van der Waals surface area (Å²) in [6, 6.07) is 10.8. The Bertz CT molecular complexity index is 342. The molecule has 1 aliphatic heterocycles. The van der Waals surface area contributed by atoms with Crippen LogP contribution in [0.4, 0.5) is 0 Å². The van der Waals surface area contributed by atoms with Crippen molar-refractivity contribution in [3.05, 3.63) is 46.3 Å². The molecule has 0 aliphatic carbocycles. The minimum atomic E-state index is 0.464. The van der Waals surface area contributed by atoms with Crippen molar-refractivity contribution < 1.29 is 0 Å². The summed E-state index contributed by atoms with van der Waals surface area (Å²) >= 11 is 0. The van der Waals surface area contributed by atoms with Gasteiger partial charge in [0.05, 0.1) is 0 Å². The van der Waals surface area contributed by atoms with E-state index in [1.54, 1.807) is 0 Å². The van der Waals surface area contributed by atoms with Crippen molar-refractivity contribution in [3.63, 3.8) is 0 Å². The molecule has 2 unspecified atom stereocenters. The highest BCUT2D eigenvalue weighted by atomic mass is 15.3. The summed E-state index contributed by atoms with van der Waals surface area (Å²) in [6.07, 6.45) is 0. The third-order valence-electron chi connectivity index (χ3n) is 2.41. The first-order chi connectivity index (χ1) is 6.90. The van der Waals surface area contributed by atoms with Crippen LogP contribution in [0.5, 0.6) is 0 Å². The summed E-state index contributed by atoms with van der Waals surface area (Å²) in [5.74, 6) is 0.